The van der Waals surface area contributed by atoms with Crippen LogP contribution in [0.3, 0.4) is 0 Å². The fourth-order valence-electron chi connectivity index (χ4n) is 4.86. The van der Waals surface area contributed by atoms with Crippen molar-refractivity contribution in [1.29, 1.82) is 0 Å². The highest BCUT2D eigenvalue weighted by atomic mass is 16.7. The average Bonchev–Trinajstić information content (AvgIpc) is 3.11. The first-order chi connectivity index (χ1) is 12.6. The molecule has 3 aliphatic rings. The first kappa shape index (κ1) is 15.7. The third-order valence-corrected chi connectivity index (χ3v) is 6.32. The smallest absolute Gasteiger partial charge is 0.231 e. The maximum absolute atomic E-state index is 11.7. The topological polar surface area (TPSA) is 44.8 Å². The molecular formula is C21H22NO4+. The fraction of sp³-hybridized carbons (Fsp3) is 0.381. The summed E-state index contributed by atoms with van der Waals surface area (Å²) >= 11 is 0. The summed E-state index contributed by atoms with van der Waals surface area (Å²) in [4.78, 5) is 11.7. The number of hydrogen-bond acceptors (Lipinski definition) is 4. The maximum Gasteiger partial charge on any atom is 0.231 e. The van der Waals surface area contributed by atoms with Crippen LogP contribution < -0.4 is 14.2 Å². The van der Waals surface area contributed by atoms with Crippen molar-refractivity contribution in [2.45, 2.75) is 25.4 Å². The molecule has 26 heavy (non-hydrogen) atoms. The van der Waals surface area contributed by atoms with Crippen molar-refractivity contribution in [3.63, 3.8) is 0 Å². The Hall–Kier alpha value is -2.53. The molecule has 0 aliphatic carbocycles. The lowest BCUT2D eigenvalue weighted by atomic mass is 9.80. The number of rotatable bonds is 2. The molecule has 2 unspecified atom stereocenters. The Bertz CT molecular complexity index is 923. The number of benzene rings is 2. The summed E-state index contributed by atoms with van der Waals surface area (Å²) in [6, 6.07) is 8.73. The zero-order chi connectivity index (χ0) is 17.9. The van der Waals surface area contributed by atoms with Gasteiger partial charge in [-0.25, -0.2) is 0 Å². The second kappa shape index (κ2) is 5.48. The van der Waals surface area contributed by atoms with Crippen LogP contribution in [0.2, 0.25) is 0 Å². The van der Waals surface area contributed by atoms with Crippen molar-refractivity contribution < 1.29 is 23.5 Å². The molecule has 0 saturated heterocycles. The molecule has 0 N–H and O–H groups in total. The Morgan fingerprint density at radius 2 is 2.00 bits per heavy atom. The van der Waals surface area contributed by atoms with Crippen molar-refractivity contribution in [3.8, 4) is 17.2 Å². The van der Waals surface area contributed by atoms with Gasteiger partial charge in [-0.2, -0.15) is 0 Å². The quantitative estimate of drug-likeness (QED) is 0.616. The molecule has 2 aromatic rings. The number of fused-ring (bicyclic) bond motifs is 5. The lowest BCUT2D eigenvalue weighted by molar-refractivity contribution is -0.956. The molecule has 0 aromatic heterocycles. The number of nitrogens with zero attached hydrogens (tertiary/aromatic N) is 1. The van der Waals surface area contributed by atoms with Gasteiger partial charge in [0.15, 0.2) is 17.8 Å². The molecule has 3 heterocycles. The minimum absolute atomic E-state index is 0.306. The molecule has 0 radical (unpaired) electrons. The summed E-state index contributed by atoms with van der Waals surface area (Å²) in [7, 11) is 3.92. The van der Waals surface area contributed by atoms with E-state index in [4.69, 9.17) is 14.2 Å². The summed E-state index contributed by atoms with van der Waals surface area (Å²) in [6.07, 6.45) is 2.87. The second-order valence-corrected chi connectivity index (χ2v) is 7.67. The van der Waals surface area contributed by atoms with Gasteiger partial charge in [-0.1, -0.05) is 6.07 Å². The van der Waals surface area contributed by atoms with Crippen LogP contribution in [0.5, 0.6) is 17.2 Å². The van der Waals surface area contributed by atoms with E-state index < -0.39 is 0 Å². The minimum Gasteiger partial charge on any atom is -0.496 e. The van der Waals surface area contributed by atoms with E-state index in [1.807, 2.05) is 6.07 Å². The Morgan fingerprint density at radius 1 is 1.19 bits per heavy atom. The zero-order valence-electron chi connectivity index (χ0n) is 15.1. The van der Waals surface area contributed by atoms with E-state index in [1.165, 1.54) is 16.7 Å². The van der Waals surface area contributed by atoms with Gasteiger partial charge in [0.05, 0.1) is 26.3 Å². The van der Waals surface area contributed by atoms with Crippen molar-refractivity contribution in [2.75, 3.05) is 27.5 Å². The van der Waals surface area contributed by atoms with Crippen molar-refractivity contribution in [2.24, 2.45) is 0 Å². The largest absolute Gasteiger partial charge is 0.496 e. The van der Waals surface area contributed by atoms with Crippen LogP contribution in [0.1, 0.15) is 38.7 Å². The Balaban J connectivity index is 1.63. The van der Waals surface area contributed by atoms with Crippen molar-refractivity contribution in [3.05, 3.63) is 52.1 Å². The lowest BCUT2D eigenvalue weighted by Gasteiger charge is -2.49. The second-order valence-electron chi connectivity index (χ2n) is 7.67. The Labute approximate surface area is 152 Å². The Morgan fingerprint density at radius 3 is 2.77 bits per heavy atom. The number of hydrogen-bond donors (Lipinski definition) is 0. The molecule has 0 saturated carbocycles. The molecule has 0 fully saturated rings. The third kappa shape index (κ3) is 2.10. The summed E-state index contributed by atoms with van der Waals surface area (Å²) in [5, 5.41) is 0. The first-order valence-corrected chi connectivity index (χ1v) is 9.03. The van der Waals surface area contributed by atoms with Gasteiger partial charge in [-0.15, -0.1) is 0 Å². The molecule has 0 bridgehead atoms. The van der Waals surface area contributed by atoms with Gasteiger partial charge in [-0.05, 0) is 29.3 Å². The van der Waals surface area contributed by atoms with Gasteiger partial charge < -0.3 is 18.7 Å². The van der Waals surface area contributed by atoms with E-state index in [1.54, 1.807) is 7.11 Å². The molecule has 134 valence electrons. The fourth-order valence-corrected chi connectivity index (χ4v) is 4.86. The molecule has 5 rings (SSSR count). The van der Waals surface area contributed by atoms with Crippen LogP contribution in [0.4, 0.5) is 0 Å². The van der Waals surface area contributed by atoms with Crippen molar-refractivity contribution >= 4 is 6.29 Å². The molecule has 5 nitrogen and oxygen atoms in total. The van der Waals surface area contributed by atoms with Crippen molar-refractivity contribution in [1.82, 2.24) is 0 Å². The standard InChI is InChI=1S/C21H22NO4/c1-22-6-5-14-8-20-21(26-12-25-20)9-15(14)18(22)7-13-3-4-19(24-2)17(11-23)16(13)10-22/h3-4,8-9,11,18H,5-7,10,12H2,1-2H3/q+1. The van der Waals surface area contributed by atoms with Crippen LogP contribution in [0, 0.1) is 0 Å². The third-order valence-electron chi connectivity index (χ3n) is 6.32. The molecule has 2 aromatic carbocycles. The number of methoxy groups -OCH3 is 1. The Kier molecular flexibility index (Phi) is 3.31. The molecule has 2 atom stereocenters. The molecule has 0 amide bonds. The first-order valence-electron chi connectivity index (χ1n) is 9.03. The van der Waals surface area contributed by atoms with Gasteiger partial charge in [-0.3, -0.25) is 4.79 Å². The molecular weight excluding hydrogens is 330 g/mol. The lowest BCUT2D eigenvalue weighted by Crippen LogP contribution is -2.53. The highest BCUT2D eigenvalue weighted by Gasteiger charge is 2.44. The predicted octanol–water partition coefficient (Wildman–Crippen LogP) is 3.04. The SMILES string of the molecule is COc1ccc2c(c1C=O)C[N+]1(C)CCc3cc4c(cc3C1C2)OCO4. The van der Waals surface area contributed by atoms with E-state index >= 15 is 0 Å². The maximum atomic E-state index is 11.7. The zero-order valence-corrected chi connectivity index (χ0v) is 15.1. The number of carbonyl (C=O) groups is 1. The molecule has 5 heteroatoms. The summed E-state index contributed by atoms with van der Waals surface area (Å²) in [5.74, 6) is 2.39. The van der Waals surface area contributed by atoms with Crippen LogP contribution in [0.15, 0.2) is 24.3 Å². The van der Waals surface area contributed by atoms with Crippen LogP contribution >= 0.6 is 0 Å². The van der Waals surface area contributed by atoms with E-state index in [2.05, 4.69) is 25.2 Å². The van der Waals surface area contributed by atoms with E-state index in [-0.39, 0.29) is 0 Å². The normalized spacial score (nSPS) is 25.1. The van der Waals surface area contributed by atoms with Gasteiger partial charge in [0, 0.05) is 24.0 Å². The summed E-state index contributed by atoms with van der Waals surface area (Å²) in [6.45, 7) is 2.20. The number of quaternary nitrogens is 1. The van der Waals surface area contributed by atoms with E-state index in [0.29, 0.717) is 24.1 Å². The van der Waals surface area contributed by atoms with Gasteiger partial charge in [0.2, 0.25) is 6.79 Å². The average molecular weight is 352 g/mol. The number of carbonyl (C=O) groups excluding carboxylic acids is 1. The highest BCUT2D eigenvalue weighted by molar-refractivity contribution is 5.82. The van der Waals surface area contributed by atoms with Gasteiger partial charge >= 0.3 is 0 Å². The van der Waals surface area contributed by atoms with E-state index in [9.17, 15) is 4.79 Å². The van der Waals surface area contributed by atoms with E-state index in [0.717, 1.165) is 53.8 Å². The molecule has 0 spiro atoms. The predicted molar refractivity (Wildman–Crippen MR) is 95.9 cm³/mol. The van der Waals surface area contributed by atoms with Crippen LogP contribution in [-0.2, 0) is 19.4 Å². The van der Waals surface area contributed by atoms with Gasteiger partial charge in [0.25, 0.3) is 0 Å². The monoisotopic (exact) mass is 352 g/mol. The molecule has 3 aliphatic heterocycles. The van der Waals surface area contributed by atoms with Crippen LogP contribution in [0.25, 0.3) is 0 Å². The highest BCUT2D eigenvalue weighted by Crippen LogP contribution is 2.47. The summed E-state index contributed by atoms with van der Waals surface area (Å²) in [5.41, 5.74) is 5.82. The summed E-state index contributed by atoms with van der Waals surface area (Å²) < 4.78 is 17.5. The minimum atomic E-state index is 0.306. The number of likely N-dealkylation sites (N-methyl/N-ethyl adjacent to an activating group) is 1. The number of ether oxygens (including phenoxy) is 3. The van der Waals surface area contributed by atoms with Gasteiger partial charge in [0.1, 0.15) is 18.3 Å². The van der Waals surface area contributed by atoms with Crippen LogP contribution in [-0.4, -0.2) is 38.3 Å². The number of aldehydes is 1.